The molecule has 12 aromatic heterocycles. The summed E-state index contributed by atoms with van der Waals surface area (Å²) in [7, 11) is 0. The van der Waals surface area contributed by atoms with Crippen LogP contribution in [0.15, 0.2) is 505 Å². The first-order chi connectivity index (χ1) is 74.3. The Balaban J connectivity index is 0.000000108. The van der Waals surface area contributed by atoms with Crippen LogP contribution in [0.3, 0.4) is 0 Å². The molecule has 0 aliphatic carbocycles. The van der Waals surface area contributed by atoms with Gasteiger partial charge in [0.15, 0.2) is 52.4 Å². The largest absolute Gasteiger partial charge is 0.456 e. The number of fused-ring (bicyclic) bond motifs is 18. The number of hydrogen-bond acceptors (Lipinski definition) is 15. The quantitative estimate of drug-likeness (QED) is 0.0935. The predicted octanol–water partition coefficient (Wildman–Crippen LogP) is 32.8. The highest BCUT2D eigenvalue weighted by molar-refractivity contribution is 6.18. The molecule has 0 saturated carbocycles. The molecule has 0 N–H and O–H groups in total. The molecule has 30 rings (SSSR count). The second-order valence-electron chi connectivity index (χ2n) is 36.9. The SMILES string of the molecule is c1ccc(-c2nc(-c3ccccc3)nc(-c3cccc4oc5ccc(-c6cc7c8ccccc8n(-c8ccccc8)c7cn6)cc5c34)n2)cc1.c1ccc(-c2nc(-c3ccccc3)nc(-c3cccc4oc5ccc(-c6ccc7c(n6)c6ccccc6n7-c6ccccc6)cc5c34)n2)cc1.c1ccc(-c2nc(-c3ccccc3)nc(-c3cccc4oc5ccc(-c6cnc7c(c6)c6ccccc6n7-c6ccccc6)cc5c34)n2)cc1. The van der Waals surface area contributed by atoms with Crippen molar-refractivity contribution in [3.63, 3.8) is 0 Å². The average Bonchev–Trinajstić information content (AvgIpc) is 1.54. The summed E-state index contributed by atoms with van der Waals surface area (Å²) in [6, 6.07) is 163. The van der Waals surface area contributed by atoms with Crippen LogP contribution in [0.1, 0.15) is 0 Å². The van der Waals surface area contributed by atoms with Crippen molar-refractivity contribution in [3.8, 4) is 153 Å². The van der Waals surface area contributed by atoms with Gasteiger partial charge in [-0.1, -0.05) is 334 Å². The topological polar surface area (TPSA) is 209 Å². The molecule has 18 nitrogen and oxygen atoms in total. The first-order valence-corrected chi connectivity index (χ1v) is 49.7. The molecule has 0 fully saturated rings. The van der Waals surface area contributed by atoms with E-state index in [9.17, 15) is 0 Å². The van der Waals surface area contributed by atoms with Gasteiger partial charge < -0.3 is 22.4 Å². The van der Waals surface area contributed by atoms with Gasteiger partial charge in [0, 0.05) is 149 Å². The van der Waals surface area contributed by atoms with Crippen molar-refractivity contribution in [2.45, 2.75) is 0 Å². The van der Waals surface area contributed by atoms with Crippen LogP contribution < -0.4 is 0 Å². The molecule has 0 aliphatic heterocycles. The number of benzene rings is 18. The van der Waals surface area contributed by atoms with Crippen molar-refractivity contribution in [3.05, 3.63) is 492 Å². The van der Waals surface area contributed by atoms with E-state index in [1.807, 2.05) is 267 Å². The molecule has 30 aromatic rings. The molecule has 0 unspecified atom stereocenters. The monoisotopic (exact) mass is 1920 g/mol. The molecule has 18 heteroatoms. The minimum absolute atomic E-state index is 0.588. The van der Waals surface area contributed by atoms with Gasteiger partial charge in [-0.15, -0.1) is 0 Å². The van der Waals surface area contributed by atoms with Crippen LogP contribution in [0.25, 0.3) is 285 Å². The number of nitrogens with zero attached hydrogens (tertiary/aromatic N) is 15. The highest BCUT2D eigenvalue weighted by atomic mass is 16.3. The minimum Gasteiger partial charge on any atom is -0.456 e. The van der Waals surface area contributed by atoms with E-state index in [2.05, 4.69) is 238 Å². The number of aromatic nitrogens is 15. The summed E-state index contributed by atoms with van der Waals surface area (Å²) < 4.78 is 26.1. The van der Waals surface area contributed by atoms with E-state index in [1.165, 1.54) is 5.39 Å². The Morgan fingerprint density at radius 1 is 0.160 bits per heavy atom. The third-order valence-corrected chi connectivity index (χ3v) is 27.9. The van der Waals surface area contributed by atoms with Crippen LogP contribution in [0.2, 0.25) is 0 Å². The fourth-order valence-electron chi connectivity index (χ4n) is 20.9. The van der Waals surface area contributed by atoms with Crippen LogP contribution >= 0.6 is 0 Å². The van der Waals surface area contributed by atoms with Crippen molar-refractivity contribution >= 4 is 131 Å². The molecule has 0 spiro atoms. The van der Waals surface area contributed by atoms with Gasteiger partial charge in [-0.05, 0) is 151 Å². The van der Waals surface area contributed by atoms with Crippen LogP contribution in [-0.2, 0) is 0 Å². The van der Waals surface area contributed by atoms with Gasteiger partial charge in [0.1, 0.15) is 39.1 Å². The van der Waals surface area contributed by atoms with E-state index in [0.29, 0.717) is 52.4 Å². The zero-order valence-electron chi connectivity index (χ0n) is 80.2. The number of pyridine rings is 3. The first-order valence-electron chi connectivity index (χ1n) is 49.7. The number of para-hydroxylation sites is 6. The fraction of sp³-hybridized carbons (Fsp3) is 0. The molecule has 12 heterocycles. The lowest BCUT2D eigenvalue weighted by Gasteiger charge is -2.09. The maximum Gasteiger partial charge on any atom is 0.164 e. The van der Waals surface area contributed by atoms with Gasteiger partial charge in [-0.3, -0.25) is 9.55 Å². The first kappa shape index (κ1) is 87.1. The van der Waals surface area contributed by atoms with Gasteiger partial charge >= 0.3 is 0 Å². The van der Waals surface area contributed by atoms with Crippen LogP contribution in [0, 0.1) is 0 Å². The van der Waals surface area contributed by atoms with E-state index < -0.39 is 0 Å². The van der Waals surface area contributed by atoms with Gasteiger partial charge in [0.25, 0.3) is 0 Å². The molecular weight excluding hydrogens is 1840 g/mol. The van der Waals surface area contributed by atoms with E-state index in [0.717, 1.165) is 227 Å². The Kier molecular flexibility index (Phi) is 21.4. The molecular formula is C132H81N15O3. The molecule has 150 heavy (non-hydrogen) atoms. The molecule has 0 atom stereocenters. The Morgan fingerprint density at radius 2 is 0.473 bits per heavy atom. The third-order valence-electron chi connectivity index (χ3n) is 27.9. The van der Waals surface area contributed by atoms with E-state index in [4.69, 9.17) is 73.1 Å². The highest BCUT2D eigenvalue weighted by Gasteiger charge is 2.27. The molecule has 18 aromatic carbocycles. The normalized spacial score (nSPS) is 11.6. The molecule has 0 saturated heterocycles. The van der Waals surface area contributed by atoms with Crippen molar-refractivity contribution < 1.29 is 13.3 Å². The van der Waals surface area contributed by atoms with E-state index in [1.54, 1.807) is 0 Å². The van der Waals surface area contributed by atoms with E-state index in [-0.39, 0.29) is 0 Å². The number of rotatable bonds is 15. The van der Waals surface area contributed by atoms with Crippen molar-refractivity contribution in [1.29, 1.82) is 0 Å². The maximum absolute atomic E-state index is 6.43. The molecule has 0 aliphatic rings. The number of furan rings is 3. The lowest BCUT2D eigenvalue weighted by Crippen LogP contribution is -2.00. The fourth-order valence-corrected chi connectivity index (χ4v) is 20.9. The van der Waals surface area contributed by atoms with Crippen LogP contribution in [0.4, 0.5) is 0 Å². The van der Waals surface area contributed by atoms with E-state index >= 15 is 0 Å². The lowest BCUT2D eigenvalue weighted by molar-refractivity contribution is 0.668. The van der Waals surface area contributed by atoms with Crippen molar-refractivity contribution in [2.75, 3.05) is 0 Å². The molecule has 0 bridgehead atoms. The Morgan fingerprint density at radius 3 is 0.880 bits per heavy atom. The minimum atomic E-state index is 0.588. The smallest absolute Gasteiger partial charge is 0.164 e. The standard InChI is InChI=1S/3C44H27N5O/c1-4-13-28(14-5-1)42-46-43(29-15-6-2-7-16-29)48-44(47-42)33-20-12-22-39-40(33)34-27-30(23-26-38(34)50-39)35-24-25-37-41(45-35)32-19-10-11-21-36(32)49(37)31-17-8-3-9-18-31;1-4-13-28(14-5-1)41-46-42(29-15-6-2-7-16-29)48-43(47-41)34-20-12-22-39-40(34)36-25-30(23-24-38(36)50-39)31-26-35-33-19-10-11-21-37(33)49(44(35)45-27-31)32-17-8-3-9-18-32;1-4-13-28(14-5-1)42-46-43(29-15-6-2-7-16-29)48-44(47-42)33-20-12-22-40-41(33)35-25-30(23-24-39(35)50-40)36-26-34-32-19-10-11-21-37(32)49(38(34)27-45-36)31-17-8-3-9-18-31/h3*1-27H. The Bertz CT molecular complexity index is 9350. The molecule has 0 radical (unpaired) electrons. The zero-order valence-corrected chi connectivity index (χ0v) is 80.2. The Labute approximate surface area is 857 Å². The molecule has 702 valence electrons. The van der Waals surface area contributed by atoms with Crippen molar-refractivity contribution in [2.24, 2.45) is 0 Å². The third kappa shape index (κ3) is 15.6. The summed E-state index contributed by atoms with van der Waals surface area (Å²) in [5.74, 6) is 5.48. The summed E-state index contributed by atoms with van der Waals surface area (Å²) >= 11 is 0. The zero-order chi connectivity index (χ0) is 99.1. The Hall–Kier alpha value is -20.8. The van der Waals surface area contributed by atoms with Gasteiger partial charge in [0.05, 0.1) is 50.7 Å². The van der Waals surface area contributed by atoms with Crippen LogP contribution in [-0.4, -0.2) is 73.5 Å². The lowest BCUT2D eigenvalue weighted by atomic mass is 10.0. The molecule has 0 amide bonds. The van der Waals surface area contributed by atoms with Crippen molar-refractivity contribution in [1.82, 2.24) is 73.5 Å². The summed E-state index contributed by atoms with van der Waals surface area (Å²) in [6.07, 6.45) is 3.96. The summed E-state index contributed by atoms with van der Waals surface area (Å²) in [5, 5.41) is 11.5. The summed E-state index contributed by atoms with van der Waals surface area (Å²) in [5.41, 5.74) is 29.5. The number of hydrogen-bond donors (Lipinski definition) is 0. The van der Waals surface area contributed by atoms with Gasteiger partial charge in [0.2, 0.25) is 0 Å². The predicted molar refractivity (Wildman–Crippen MR) is 603 cm³/mol. The summed E-state index contributed by atoms with van der Waals surface area (Å²) in [4.78, 5) is 60.2. The summed E-state index contributed by atoms with van der Waals surface area (Å²) in [6.45, 7) is 0. The van der Waals surface area contributed by atoms with Crippen LogP contribution in [0.5, 0.6) is 0 Å². The second-order valence-corrected chi connectivity index (χ2v) is 36.9. The van der Waals surface area contributed by atoms with Gasteiger partial charge in [-0.25, -0.2) is 54.8 Å². The van der Waals surface area contributed by atoms with Gasteiger partial charge in [-0.2, -0.15) is 0 Å². The highest BCUT2D eigenvalue weighted by Crippen LogP contribution is 2.46. The second kappa shape index (κ2) is 36.9. The maximum atomic E-state index is 6.43. The average molecular weight is 1930 g/mol.